The SMILES string of the molecule is CCCCN1/C(=C\C2=C([O-])C(=C/C3=[N+](CCCC)c4ccccc4C3(C)C)/C2=O)C(C)(C)c2cc(-c3ccc(C=O)s3)ccc21. The molecule has 0 saturated carbocycles. The Morgan fingerprint density at radius 1 is 0.911 bits per heavy atom. The molecule has 0 saturated heterocycles. The van der Waals surface area contributed by atoms with E-state index in [-0.39, 0.29) is 28.1 Å². The van der Waals surface area contributed by atoms with Crippen LogP contribution >= 0.6 is 11.3 Å². The van der Waals surface area contributed by atoms with Crippen molar-refractivity contribution in [1.82, 2.24) is 0 Å². The standard InChI is InChI=1S/C39H42N2O3S/c1-7-9-19-40-31-14-12-11-13-29(31)38(3,4)34(40)22-27-36(43)28(37(27)44)23-35-39(5,6)30-21-25(33-18-16-26(24-42)45-33)15-17-32(30)41(35)20-10-8-2/h11-18,21-24H,7-10,19-20H2,1-6H3. The Balaban J connectivity index is 1.41. The summed E-state index contributed by atoms with van der Waals surface area (Å²) >= 11 is 1.48. The minimum atomic E-state index is -0.419. The number of benzene rings is 2. The lowest BCUT2D eigenvalue weighted by Gasteiger charge is -2.33. The van der Waals surface area contributed by atoms with E-state index >= 15 is 0 Å². The molecule has 6 rings (SSSR count). The lowest BCUT2D eigenvalue weighted by molar-refractivity contribution is -0.438. The maximum absolute atomic E-state index is 13.8. The lowest BCUT2D eigenvalue weighted by Crippen LogP contribution is -2.35. The number of carbonyl (C=O) groups is 2. The third-order valence-corrected chi connectivity index (χ3v) is 10.8. The van der Waals surface area contributed by atoms with Gasteiger partial charge in [-0.25, -0.2) is 0 Å². The molecule has 1 aliphatic carbocycles. The van der Waals surface area contributed by atoms with Gasteiger partial charge < -0.3 is 10.0 Å². The van der Waals surface area contributed by atoms with E-state index in [1.54, 1.807) is 0 Å². The molecule has 0 atom stereocenters. The fourth-order valence-electron chi connectivity index (χ4n) is 7.04. The molecule has 5 nitrogen and oxygen atoms in total. The van der Waals surface area contributed by atoms with Gasteiger partial charge in [-0.3, -0.25) is 9.59 Å². The first-order valence-electron chi connectivity index (χ1n) is 16.2. The van der Waals surface area contributed by atoms with Crippen molar-refractivity contribution >= 4 is 40.5 Å². The van der Waals surface area contributed by atoms with Gasteiger partial charge >= 0.3 is 0 Å². The molecule has 0 amide bonds. The summed E-state index contributed by atoms with van der Waals surface area (Å²) in [5.74, 6) is -0.352. The van der Waals surface area contributed by atoms with Crippen LogP contribution in [0.4, 0.5) is 11.4 Å². The highest BCUT2D eigenvalue weighted by Crippen LogP contribution is 2.50. The van der Waals surface area contributed by atoms with Crippen LogP contribution in [0.2, 0.25) is 0 Å². The van der Waals surface area contributed by atoms with Gasteiger partial charge in [0.05, 0.1) is 10.3 Å². The quantitative estimate of drug-likeness (QED) is 0.131. The number of aldehydes is 1. The van der Waals surface area contributed by atoms with Crippen LogP contribution in [-0.4, -0.2) is 35.4 Å². The molecule has 232 valence electrons. The number of rotatable bonds is 10. The molecule has 0 unspecified atom stereocenters. The summed E-state index contributed by atoms with van der Waals surface area (Å²) in [6.07, 6.45) is 8.73. The van der Waals surface area contributed by atoms with Crippen molar-refractivity contribution in [3.8, 4) is 10.4 Å². The second kappa shape index (κ2) is 11.7. The first-order valence-corrected chi connectivity index (χ1v) is 17.0. The van der Waals surface area contributed by atoms with Crippen molar-refractivity contribution in [2.24, 2.45) is 0 Å². The van der Waals surface area contributed by atoms with Gasteiger partial charge in [-0.05, 0) is 61.7 Å². The maximum atomic E-state index is 13.8. The van der Waals surface area contributed by atoms with Crippen molar-refractivity contribution < 1.29 is 19.3 Å². The molecular formula is C39H42N2O3S. The number of anilines is 1. The minimum Gasteiger partial charge on any atom is -0.871 e. The summed E-state index contributed by atoms with van der Waals surface area (Å²) in [7, 11) is 0. The number of ketones is 1. The van der Waals surface area contributed by atoms with Gasteiger partial charge in [0.2, 0.25) is 5.69 Å². The zero-order valence-corrected chi connectivity index (χ0v) is 28.0. The van der Waals surface area contributed by atoms with Gasteiger partial charge in [-0.1, -0.05) is 70.6 Å². The summed E-state index contributed by atoms with van der Waals surface area (Å²) in [6.45, 7) is 14.7. The van der Waals surface area contributed by atoms with E-state index in [1.165, 1.54) is 16.9 Å². The smallest absolute Gasteiger partial charge is 0.209 e. The molecule has 0 spiro atoms. The summed E-state index contributed by atoms with van der Waals surface area (Å²) in [4.78, 5) is 29.1. The van der Waals surface area contributed by atoms with E-state index in [0.29, 0.717) is 4.88 Å². The average Bonchev–Trinajstić information content (AvgIpc) is 3.66. The second-order valence-corrected chi connectivity index (χ2v) is 14.5. The molecule has 3 aliphatic rings. The Morgan fingerprint density at radius 2 is 1.67 bits per heavy atom. The Kier molecular flexibility index (Phi) is 8.07. The largest absolute Gasteiger partial charge is 0.871 e. The summed E-state index contributed by atoms with van der Waals surface area (Å²) < 4.78 is 2.30. The fraction of sp³-hybridized carbons (Fsp3) is 0.359. The number of carbonyl (C=O) groups excluding carboxylic acids is 2. The predicted octanol–water partition coefficient (Wildman–Crippen LogP) is 8.01. The van der Waals surface area contributed by atoms with Crippen molar-refractivity contribution in [1.29, 1.82) is 0 Å². The van der Waals surface area contributed by atoms with E-state index < -0.39 is 5.41 Å². The van der Waals surface area contributed by atoms with Gasteiger partial charge in [0, 0.05) is 63.5 Å². The number of hydrogen-bond acceptors (Lipinski definition) is 5. The van der Waals surface area contributed by atoms with Gasteiger partial charge in [0.25, 0.3) is 0 Å². The Morgan fingerprint density at radius 3 is 2.36 bits per heavy atom. The molecule has 0 bridgehead atoms. The predicted molar refractivity (Wildman–Crippen MR) is 183 cm³/mol. The lowest BCUT2D eigenvalue weighted by atomic mass is 9.77. The van der Waals surface area contributed by atoms with E-state index in [0.717, 1.165) is 83.8 Å². The average molecular weight is 619 g/mol. The number of thiophene rings is 1. The summed E-state index contributed by atoms with van der Waals surface area (Å²) in [5, 5.41) is 13.8. The highest BCUT2D eigenvalue weighted by molar-refractivity contribution is 7.17. The van der Waals surface area contributed by atoms with Crippen LogP contribution in [0.25, 0.3) is 10.4 Å². The number of fused-ring (bicyclic) bond motifs is 2. The van der Waals surface area contributed by atoms with Crippen LogP contribution in [0.15, 0.2) is 89.4 Å². The molecule has 0 N–H and O–H groups in total. The molecule has 3 heterocycles. The number of Topliss-reactive ketones (excluding diaryl/α,β-unsaturated/α-hetero) is 1. The normalized spacial score (nSPS) is 19.9. The summed E-state index contributed by atoms with van der Waals surface area (Å²) in [5.41, 5.74) is 7.51. The third kappa shape index (κ3) is 5.04. The highest BCUT2D eigenvalue weighted by Gasteiger charge is 2.46. The van der Waals surface area contributed by atoms with Crippen molar-refractivity contribution in [3.05, 3.63) is 105 Å². The van der Waals surface area contributed by atoms with E-state index in [2.05, 4.69) is 93.5 Å². The number of allylic oxidation sites excluding steroid dienone is 5. The van der Waals surface area contributed by atoms with Crippen LogP contribution in [0.1, 0.15) is 88.0 Å². The number of hydrogen-bond donors (Lipinski definition) is 0. The van der Waals surface area contributed by atoms with Crippen LogP contribution in [0.5, 0.6) is 0 Å². The molecule has 0 fully saturated rings. The summed E-state index contributed by atoms with van der Waals surface area (Å²) in [6, 6.07) is 18.7. The molecule has 0 radical (unpaired) electrons. The Bertz CT molecular complexity index is 1830. The van der Waals surface area contributed by atoms with Gasteiger partial charge in [-0.15, -0.1) is 11.3 Å². The van der Waals surface area contributed by atoms with Crippen molar-refractivity contribution in [2.45, 2.75) is 78.1 Å². The molecular weight excluding hydrogens is 577 g/mol. The highest BCUT2D eigenvalue weighted by atomic mass is 32.1. The Hall–Kier alpha value is -4.03. The molecule has 3 aromatic rings. The van der Waals surface area contributed by atoms with Gasteiger partial charge in [0.15, 0.2) is 17.8 Å². The molecule has 45 heavy (non-hydrogen) atoms. The first kappa shape index (κ1) is 31.0. The monoisotopic (exact) mass is 618 g/mol. The first-order chi connectivity index (χ1) is 21.5. The van der Waals surface area contributed by atoms with E-state index in [1.807, 2.05) is 24.3 Å². The molecule has 1 aromatic heterocycles. The van der Waals surface area contributed by atoms with Crippen LogP contribution in [-0.2, 0) is 15.6 Å². The second-order valence-electron chi connectivity index (χ2n) is 13.4. The van der Waals surface area contributed by atoms with Crippen LogP contribution in [0, 0.1) is 0 Å². The number of unbranched alkanes of at least 4 members (excludes halogenated alkanes) is 2. The van der Waals surface area contributed by atoms with Crippen LogP contribution < -0.4 is 10.0 Å². The van der Waals surface area contributed by atoms with Gasteiger partial charge in [-0.2, -0.15) is 4.58 Å². The van der Waals surface area contributed by atoms with Crippen molar-refractivity contribution in [2.75, 3.05) is 18.0 Å². The molecule has 2 aromatic carbocycles. The topological polar surface area (TPSA) is 63.4 Å². The van der Waals surface area contributed by atoms with Crippen molar-refractivity contribution in [3.63, 3.8) is 0 Å². The number of nitrogens with zero attached hydrogens (tertiary/aromatic N) is 2. The minimum absolute atomic E-state index is 0.176. The zero-order chi connectivity index (χ0) is 32.1. The van der Waals surface area contributed by atoms with E-state index in [9.17, 15) is 14.7 Å². The van der Waals surface area contributed by atoms with Gasteiger partial charge in [0.1, 0.15) is 6.54 Å². The zero-order valence-electron chi connectivity index (χ0n) is 27.2. The third-order valence-electron chi connectivity index (χ3n) is 9.73. The molecule has 6 heteroatoms. The number of para-hydroxylation sites is 1. The maximum Gasteiger partial charge on any atom is 0.209 e. The molecule has 2 aliphatic heterocycles. The van der Waals surface area contributed by atoms with Crippen LogP contribution in [0.3, 0.4) is 0 Å². The Labute approximate surface area is 270 Å². The van der Waals surface area contributed by atoms with E-state index in [4.69, 9.17) is 0 Å². The fourth-order valence-corrected chi connectivity index (χ4v) is 7.86.